The largest absolute Gasteiger partial charge is 0.586 e. The molecule has 2 radical (unpaired) electrons. The zero-order valence-corrected chi connectivity index (χ0v) is 10.7. The summed E-state index contributed by atoms with van der Waals surface area (Å²) in [4.78, 5) is 4.57. The molecular weight excluding hydrogens is 245 g/mol. The number of rotatable bonds is 0. The molecule has 0 bridgehead atoms. The molecule has 0 spiro atoms. The van der Waals surface area contributed by atoms with Crippen LogP contribution in [0.3, 0.4) is 0 Å². The first-order valence-corrected chi connectivity index (χ1v) is 6.66. The molecule has 0 atom stereocenters. The average Bonchev–Trinajstić information content (AvgIpc) is 2.86. The van der Waals surface area contributed by atoms with Crippen molar-refractivity contribution in [1.29, 1.82) is 0 Å². The van der Waals surface area contributed by atoms with Crippen LogP contribution >= 0.6 is 0 Å². The van der Waals surface area contributed by atoms with Gasteiger partial charge in [-0.05, 0) is 12.1 Å². The van der Waals surface area contributed by atoms with Gasteiger partial charge in [-0.25, -0.2) is 4.98 Å². The number of fused-ring (bicyclic) bond motifs is 3. The first-order chi connectivity index (χ1) is 9.84. The molecule has 0 fully saturated rings. The van der Waals surface area contributed by atoms with Gasteiger partial charge in [-0.2, -0.15) is 4.57 Å². The highest BCUT2D eigenvalue weighted by molar-refractivity contribution is 6.21. The predicted molar refractivity (Wildman–Crippen MR) is 77.4 cm³/mol. The van der Waals surface area contributed by atoms with Gasteiger partial charge < -0.3 is 0 Å². The Kier molecular flexibility index (Phi) is 1.72. The summed E-state index contributed by atoms with van der Waals surface area (Å²) in [5.74, 6) is 0. The summed E-state index contributed by atoms with van der Waals surface area (Å²) in [5, 5.41) is 3.63. The van der Waals surface area contributed by atoms with Crippen LogP contribution in [0.2, 0.25) is 0 Å². The Morgan fingerprint density at radius 3 is 2.85 bits per heavy atom. The third-order valence-electron chi connectivity index (χ3n) is 4.22. The van der Waals surface area contributed by atoms with Crippen LogP contribution < -0.4 is 9.05 Å². The molecule has 20 heavy (non-hydrogen) atoms. The number of hydrogen-bond acceptors (Lipinski definition) is 1. The topological polar surface area (TPSA) is 20.6 Å². The van der Waals surface area contributed by atoms with Crippen molar-refractivity contribution in [3.63, 3.8) is 0 Å². The molecule has 4 aromatic rings. The fraction of sp³-hybridized carbons (Fsp3) is 0.0625. The molecule has 1 aromatic carbocycles. The third-order valence-corrected chi connectivity index (χ3v) is 4.22. The normalized spacial score (nSPS) is 13.0. The van der Waals surface area contributed by atoms with E-state index in [1.54, 1.807) is 4.48 Å². The third kappa shape index (κ3) is 1.06. The van der Waals surface area contributed by atoms with E-state index >= 15 is 0 Å². The van der Waals surface area contributed by atoms with Gasteiger partial charge in [0.15, 0.2) is 12.7 Å². The van der Waals surface area contributed by atoms with Crippen molar-refractivity contribution in [2.75, 3.05) is 0 Å². The summed E-state index contributed by atoms with van der Waals surface area (Å²) >= 11 is 0. The fourth-order valence-corrected chi connectivity index (χ4v) is 3.42. The van der Waals surface area contributed by atoms with Crippen molar-refractivity contribution in [2.24, 2.45) is 0 Å². The lowest BCUT2D eigenvalue weighted by atomic mass is 10.0. The van der Waals surface area contributed by atoms with E-state index in [4.69, 9.17) is 7.98 Å². The van der Waals surface area contributed by atoms with Gasteiger partial charge in [-0.3, -0.25) is 4.48 Å². The van der Waals surface area contributed by atoms with Crippen LogP contribution in [-0.2, 0) is 6.54 Å². The second-order valence-electron chi connectivity index (χ2n) is 5.27. The SMILES string of the molecule is [B][n+]1ccc2c3c1c1ncccc1c1ccc[n+](c13)C2. The van der Waals surface area contributed by atoms with Crippen molar-refractivity contribution >= 4 is 40.7 Å². The quantitative estimate of drug-likeness (QED) is 0.233. The molecule has 1 aliphatic heterocycles. The lowest BCUT2D eigenvalue weighted by Crippen LogP contribution is -2.31. The summed E-state index contributed by atoms with van der Waals surface area (Å²) in [6.07, 6.45) is 5.88. The minimum atomic E-state index is 0.903. The molecular formula is C16H10BN3+2. The van der Waals surface area contributed by atoms with Gasteiger partial charge >= 0.3 is 7.98 Å². The Balaban J connectivity index is 2.29. The highest BCUT2D eigenvalue weighted by Gasteiger charge is 2.30. The Morgan fingerprint density at radius 2 is 1.90 bits per heavy atom. The van der Waals surface area contributed by atoms with Gasteiger partial charge in [-0.15, -0.1) is 0 Å². The molecule has 0 N–H and O–H groups in total. The van der Waals surface area contributed by atoms with Gasteiger partial charge in [0.2, 0.25) is 11.0 Å². The highest BCUT2D eigenvalue weighted by atomic mass is 15.0. The molecule has 0 saturated carbocycles. The average molecular weight is 255 g/mol. The van der Waals surface area contributed by atoms with E-state index in [-0.39, 0.29) is 0 Å². The molecule has 3 nitrogen and oxygen atoms in total. The molecule has 90 valence electrons. The molecule has 4 heteroatoms. The van der Waals surface area contributed by atoms with E-state index in [2.05, 4.69) is 40.0 Å². The lowest BCUT2D eigenvalue weighted by Gasteiger charge is -2.03. The number of hydrogen-bond donors (Lipinski definition) is 0. The molecule has 1 aliphatic rings. The number of aromatic nitrogens is 3. The monoisotopic (exact) mass is 255 g/mol. The van der Waals surface area contributed by atoms with Crippen molar-refractivity contribution in [1.82, 2.24) is 4.98 Å². The number of benzene rings is 1. The minimum absolute atomic E-state index is 0.903. The maximum atomic E-state index is 6.17. The van der Waals surface area contributed by atoms with Crippen molar-refractivity contribution < 1.29 is 9.05 Å². The first-order valence-electron chi connectivity index (χ1n) is 6.66. The van der Waals surface area contributed by atoms with E-state index in [0.717, 1.165) is 23.0 Å². The molecule has 5 rings (SSSR count). The minimum Gasteiger partial charge on any atom is -0.284 e. The summed E-state index contributed by atoms with van der Waals surface area (Å²) in [6.45, 7) is 0.903. The summed E-state index contributed by atoms with van der Waals surface area (Å²) in [7, 11) is 6.17. The van der Waals surface area contributed by atoms with E-state index in [1.807, 2.05) is 18.5 Å². The van der Waals surface area contributed by atoms with E-state index in [1.165, 1.54) is 21.9 Å². The van der Waals surface area contributed by atoms with Crippen molar-refractivity contribution in [2.45, 2.75) is 6.54 Å². The maximum Gasteiger partial charge on any atom is 0.586 e. The predicted octanol–water partition coefficient (Wildman–Crippen LogP) is 1.41. The lowest BCUT2D eigenvalue weighted by molar-refractivity contribution is -0.657. The van der Waals surface area contributed by atoms with Gasteiger partial charge in [0.1, 0.15) is 17.1 Å². The number of nitrogens with zero attached hydrogens (tertiary/aromatic N) is 3. The molecule has 0 amide bonds. The van der Waals surface area contributed by atoms with E-state index in [0.29, 0.717) is 0 Å². The Bertz CT molecular complexity index is 1030. The van der Waals surface area contributed by atoms with Crippen LogP contribution in [0.15, 0.2) is 48.9 Å². The zero-order valence-electron chi connectivity index (χ0n) is 10.7. The van der Waals surface area contributed by atoms with Crippen molar-refractivity contribution in [3.8, 4) is 0 Å². The van der Waals surface area contributed by atoms with Gasteiger partial charge in [0.05, 0.1) is 5.39 Å². The van der Waals surface area contributed by atoms with Crippen LogP contribution in [0.5, 0.6) is 0 Å². The Morgan fingerprint density at radius 1 is 1.00 bits per heavy atom. The number of pyridine rings is 3. The first kappa shape index (κ1) is 10.3. The van der Waals surface area contributed by atoms with Crippen LogP contribution in [0.4, 0.5) is 0 Å². The van der Waals surface area contributed by atoms with Gasteiger partial charge in [0, 0.05) is 29.3 Å². The van der Waals surface area contributed by atoms with Crippen LogP contribution in [0, 0.1) is 0 Å². The zero-order chi connectivity index (χ0) is 13.3. The molecule has 0 saturated heterocycles. The Hall–Kier alpha value is -2.49. The second kappa shape index (κ2) is 3.34. The summed E-state index contributed by atoms with van der Waals surface area (Å²) in [6, 6.07) is 10.5. The smallest absolute Gasteiger partial charge is 0.284 e. The van der Waals surface area contributed by atoms with E-state index in [9.17, 15) is 0 Å². The standard InChI is InChI=1S/C16H10BN3/c17-20-8-5-10-9-19-7-2-4-12-11-3-1-6-18-14(11)16(20)13(10)15(12)19/h1-8H,9H2/q+2. The van der Waals surface area contributed by atoms with Gasteiger partial charge in [0.25, 0.3) is 0 Å². The van der Waals surface area contributed by atoms with Gasteiger partial charge in [-0.1, -0.05) is 6.07 Å². The molecule has 4 heterocycles. The fourth-order valence-electron chi connectivity index (χ4n) is 3.42. The van der Waals surface area contributed by atoms with Crippen LogP contribution in [-0.4, -0.2) is 13.0 Å². The highest BCUT2D eigenvalue weighted by Crippen LogP contribution is 2.34. The molecule has 3 aromatic heterocycles. The summed E-state index contributed by atoms with van der Waals surface area (Å²) in [5.41, 5.74) is 4.56. The Labute approximate surface area is 116 Å². The van der Waals surface area contributed by atoms with Crippen molar-refractivity contribution in [3.05, 3.63) is 54.5 Å². The van der Waals surface area contributed by atoms with Crippen LogP contribution in [0.25, 0.3) is 32.7 Å². The second-order valence-corrected chi connectivity index (χ2v) is 5.27. The maximum absolute atomic E-state index is 6.17. The molecule has 0 aliphatic carbocycles. The van der Waals surface area contributed by atoms with Crippen LogP contribution in [0.1, 0.15) is 5.56 Å². The summed E-state index contributed by atoms with van der Waals surface area (Å²) < 4.78 is 3.98. The molecule has 0 unspecified atom stereocenters. The van der Waals surface area contributed by atoms with E-state index < -0.39 is 0 Å².